The monoisotopic (exact) mass is 387 g/mol. The molecule has 0 bridgehead atoms. The molecule has 3 aromatic carbocycles. The summed E-state index contributed by atoms with van der Waals surface area (Å²) in [5.41, 5.74) is 8.64. The van der Waals surface area contributed by atoms with Crippen LogP contribution >= 0.6 is 0 Å². The van der Waals surface area contributed by atoms with Gasteiger partial charge in [-0.3, -0.25) is 25.2 Å². The molecule has 29 heavy (non-hydrogen) atoms. The van der Waals surface area contributed by atoms with Crippen LogP contribution in [0.1, 0.15) is 42.2 Å². The van der Waals surface area contributed by atoms with Crippen LogP contribution in [0.15, 0.2) is 72.8 Å². The molecule has 0 heterocycles. The van der Waals surface area contributed by atoms with Crippen molar-refractivity contribution in [3.05, 3.63) is 101 Å². The summed E-state index contributed by atoms with van der Waals surface area (Å²) in [5.74, 6) is -1.08. The van der Waals surface area contributed by atoms with Crippen LogP contribution in [0.5, 0.6) is 0 Å². The lowest BCUT2D eigenvalue weighted by Crippen LogP contribution is -2.41. The number of carbonyl (C=O) groups excluding carboxylic acids is 3. The van der Waals surface area contributed by atoms with Crippen molar-refractivity contribution in [2.24, 2.45) is 0 Å². The Hall–Kier alpha value is -3.93. The van der Waals surface area contributed by atoms with E-state index in [2.05, 4.69) is 16.2 Å². The number of carbonyl (C=O) groups is 3. The zero-order chi connectivity index (χ0) is 20.8. The minimum atomic E-state index is -0.456. The summed E-state index contributed by atoms with van der Waals surface area (Å²) in [6, 6.07) is 20.7. The van der Waals surface area contributed by atoms with E-state index in [1.165, 1.54) is 0 Å². The van der Waals surface area contributed by atoms with Gasteiger partial charge in [0.2, 0.25) is 0 Å². The normalized spacial score (nSPS) is 10.1. The van der Waals surface area contributed by atoms with Gasteiger partial charge in [0.05, 0.1) is 0 Å². The first-order valence-corrected chi connectivity index (χ1v) is 9.08. The summed E-state index contributed by atoms with van der Waals surface area (Å²) in [6.45, 7) is 3.80. The second-order valence-corrected chi connectivity index (χ2v) is 6.62. The number of hydrazine groups is 1. The molecule has 3 aromatic rings. The van der Waals surface area contributed by atoms with Crippen molar-refractivity contribution in [3.8, 4) is 0 Å². The van der Waals surface area contributed by atoms with Gasteiger partial charge in [0, 0.05) is 22.4 Å². The molecule has 0 unspecified atom stereocenters. The van der Waals surface area contributed by atoms with Gasteiger partial charge in [-0.2, -0.15) is 0 Å². The van der Waals surface area contributed by atoms with Gasteiger partial charge in [0.1, 0.15) is 0 Å². The van der Waals surface area contributed by atoms with Crippen molar-refractivity contribution >= 4 is 23.4 Å². The van der Waals surface area contributed by atoms with Crippen molar-refractivity contribution in [2.45, 2.75) is 13.8 Å². The van der Waals surface area contributed by atoms with Crippen LogP contribution in [0.4, 0.5) is 5.69 Å². The first kappa shape index (κ1) is 19.8. The highest BCUT2D eigenvalue weighted by Gasteiger charge is 2.11. The number of hydrogen-bond acceptors (Lipinski definition) is 3. The number of aryl methyl sites for hydroxylation is 2. The molecule has 0 aliphatic heterocycles. The fourth-order valence-electron chi connectivity index (χ4n) is 2.69. The molecule has 6 heteroatoms. The van der Waals surface area contributed by atoms with Crippen molar-refractivity contribution in [1.82, 2.24) is 10.9 Å². The van der Waals surface area contributed by atoms with E-state index in [4.69, 9.17) is 0 Å². The van der Waals surface area contributed by atoms with Crippen LogP contribution < -0.4 is 16.2 Å². The van der Waals surface area contributed by atoms with Gasteiger partial charge >= 0.3 is 0 Å². The Kier molecular flexibility index (Phi) is 6.04. The molecule has 0 aliphatic carbocycles. The first-order chi connectivity index (χ1) is 13.9. The fraction of sp³-hybridized carbons (Fsp3) is 0.0870. The molecule has 146 valence electrons. The van der Waals surface area contributed by atoms with Gasteiger partial charge in [-0.1, -0.05) is 35.9 Å². The number of anilines is 1. The lowest BCUT2D eigenvalue weighted by Gasteiger charge is -2.10. The van der Waals surface area contributed by atoms with E-state index in [1.807, 2.05) is 38.1 Å². The molecule has 0 aromatic heterocycles. The second kappa shape index (κ2) is 8.84. The number of amides is 3. The molecule has 6 nitrogen and oxygen atoms in total. The molecule has 3 N–H and O–H groups in total. The number of rotatable bonds is 4. The number of benzene rings is 3. The van der Waals surface area contributed by atoms with E-state index in [1.54, 1.807) is 48.5 Å². The van der Waals surface area contributed by atoms with E-state index in [9.17, 15) is 14.4 Å². The second-order valence-electron chi connectivity index (χ2n) is 6.62. The van der Waals surface area contributed by atoms with Crippen LogP contribution in [0.25, 0.3) is 0 Å². The Morgan fingerprint density at radius 3 is 1.69 bits per heavy atom. The average Bonchev–Trinajstić information content (AvgIpc) is 2.73. The highest BCUT2D eigenvalue weighted by atomic mass is 16.2. The van der Waals surface area contributed by atoms with Crippen molar-refractivity contribution in [2.75, 3.05) is 5.32 Å². The molecule has 3 rings (SSSR count). The molecular formula is C23H21N3O3. The molecular weight excluding hydrogens is 366 g/mol. The third-order valence-electron chi connectivity index (χ3n) is 4.40. The van der Waals surface area contributed by atoms with Crippen LogP contribution in [-0.4, -0.2) is 17.7 Å². The Morgan fingerprint density at radius 2 is 1.14 bits per heavy atom. The van der Waals surface area contributed by atoms with Gasteiger partial charge in [-0.15, -0.1) is 0 Å². The molecule has 0 atom stereocenters. The van der Waals surface area contributed by atoms with Crippen LogP contribution in [-0.2, 0) is 0 Å². The highest BCUT2D eigenvalue weighted by molar-refractivity contribution is 6.05. The minimum absolute atomic E-state index is 0.217. The van der Waals surface area contributed by atoms with Gasteiger partial charge < -0.3 is 5.32 Å². The third kappa shape index (κ3) is 5.07. The maximum Gasteiger partial charge on any atom is 0.269 e. The quantitative estimate of drug-likeness (QED) is 0.598. The Balaban J connectivity index is 1.57. The summed E-state index contributed by atoms with van der Waals surface area (Å²) < 4.78 is 0. The zero-order valence-corrected chi connectivity index (χ0v) is 16.2. The lowest BCUT2D eigenvalue weighted by molar-refractivity contribution is 0.0846. The minimum Gasteiger partial charge on any atom is -0.322 e. The van der Waals surface area contributed by atoms with Crippen molar-refractivity contribution in [3.63, 3.8) is 0 Å². The lowest BCUT2D eigenvalue weighted by atomic mass is 10.1. The first-order valence-electron chi connectivity index (χ1n) is 9.08. The van der Waals surface area contributed by atoms with Gasteiger partial charge in [0.15, 0.2) is 0 Å². The predicted molar refractivity (Wildman–Crippen MR) is 112 cm³/mol. The summed E-state index contributed by atoms with van der Waals surface area (Å²) in [5, 5.41) is 2.80. The van der Waals surface area contributed by atoms with Gasteiger partial charge in [-0.25, -0.2) is 0 Å². The topological polar surface area (TPSA) is 87.3 Å². The largest absolute Gasteiger partial charge is 0.322 e. The molecule has 3 amide bonds. The van der Waals surface area contributed by atoms with E-state index >= 15 is 0 Å². The summed E-state index contributed by atoms with van der Waals surface area (Å²) in [4.78, 5) is 36.6. The van der Waals surface area contributed by atoms with Crippen LogP contribution in [0.2, 0.25) is 0 Å². The SMILES string of the molecule is Cc1ccc(C(=O)NNC(=O)c2ccc(NC(=O)c3ccccc3C)cc2)cc1. The Bertz CT molecular complexity index is 1040. The van der Waals surface area contributed by atoms with Gasteiger partial charge in [-0.05, 0) is 61.9 Å². The standard InChI is InChI=1S/C23H21N3O3/c1-15-7-9-17(10-8-15)21(27)25-26-22(28)18-11-13-19(14-12-18)24-23(29)20-6-4-3-5-16(20)2/h3-14H,1-2H3,(H,24,29)(H,25,27)(H,26,28). The molecule has 0 aliphatic rings. The molecule has 0 spiro atoms. The number of nitrogens with one attached hydrogen (secondary N) is 3. The number of hydrogen-bond donors (Lipinski definition) is 3. The van der Waals surface area contributed by atoms with E-state index < -0.39 is 11.8 Å². The molecule has 0 radical (unpaired) electrons. The zero-order valence-electron chi connectivity index (χ0n) is 16.2. The van der Waals surface area contributed by atoms with Gasteiger partial charge in [0.25, 0.3) is 17.7 Å². The molecule has 0 saturated heterocycles. The highest BCUT2D eigenvalue weighted by Crippen LogP contribution is 2.13. The molecule has 0 fully saturated rings. The maximum absolute atomic E-state index is 12.3. The van der Waals surface area contributed by atoms with Crippen LogP contribution in [0, 0.1) is 13.8 Å². The predicted octanol–water partition coefficient (Wildman–Crippen LogP) is 3.63. The smallest absolute Gasteiger partial charge is 0.269 e. The summed E-state index contributed by atoms with van der Waals surface area (Å²) >= 11 is 0. The summed E-state index contributed by atoms with van der Waals surface area (Å²) in [6.07, 6.45) is 0. The molecule has 0 saturated carbocycles. The third-order valence-corrected chi connectivity index (χ3v) is 4.40. The van der Waals surface area contributed by atoms with E-state index in [-0.39, 0.29) is 5.91 Å². The summed E-state index contributed by atoms with van der Waals surface area (Å²) in [7, 11) is 0. The van der Waals surface area contributed by atoms with Crippen LogP contribution in [0.3, 0.4) is 0 Å². The maximum atomic E-state index is 12.3. The fourth-order valence-corrected chi connectivity index (χ4v) is 2.69. The Labute approximate surface area is 168 Å². The van der Waals surface area contributed by atoms with E-state index in [0.29, 0.717) is 22.4 Å². The van der Waals surface area contributed by atoms with Crippen molar-refractivity contribution in [1.29, 1.82) is 0 Å². The average molecular weight is 387 g/mol. The Morgan fingerprint density at radius 1 is 0.621 bits per heavy atom. The van der Waals surface area contributed by atoms with E-state index in [0.717, 1.165) is 11.1 Å². The van der Waals surface area contributed by atoms with Crippen molar-refractivity contribution < 1.29 is 14.4 Å².